The molecule has 1 aliphatic carbocycles. The minimum absolute atomic E-state index is 0.888. The van der Waals surface area contributed by atoms with Crippen molar-refractivity contribution in [3.63, 3.8) is 0 Å². The summed E-state index contributed by atoms with van der Waals surface area (Å²) in [5.41, 5.74) is 1.28. The van der Waals surface area contributed by atoms with Gasteiger partial charge < -0.3 is 4.52 Å². The summed E-state index contributed by atoms with van der Waals surface area (Å²) >= 11 is 5.13. The van der Waals surface area contributed by atoms with E-state index in [0.717, 1.165) is 29.9 Å². The van der Waals surface area contributed by atoms with Gasteiger partial charge in [-0.2, -0.15) is 0 Å². The van der Waals surface area contributed by atoms with Crippen molar-refractivity contribution in [1.82, 2.24) is 5.16 Å². The fraction of sp³-hybridized carbons (Fsp3) is 0.273. The smallest absolute Gasteiger partial charge is 0.137 e. The van der Waals surface area contributed by atoms with E-state index in [4.69, 9.17) is 16.7 Å². The molecule has 0 aromatic carbocycles. The maximum Gasteiger partial charge on any atom is 0.137 e. The lowest BCUT2D eigenvalue weighted by atomic mass is 10.0. The first-order valence-electron chi connectivity index (χ1n) is 4.64. The highest BCUT2D eigenvalue weighted by molar-refractivity contribution is 7.80. The molecule has 0 bridgehead atoms. The normalized spacial score (nSPS) is 15.7. The monoisotopic (exact) mass is 205 g/mol. The number of rotatable bonds is 3. The van der Waals surface area contributed by atoms with Gasteiger partial charge in [-0.05, 0) is 18.1 Å². The van der Waals surface area contributed by atoms with Gasteiger partial charge in [0.25, 0.3) is 0 Å². The van der Waals surface area contributed by atoms with E-state index in [1.54, 1.807) is 6.20 Å². The van der Waals surface area contributed by atoms with Crippen molar-refractivity contribution >= 4 is 17.1 Å². The van der Waals surface area contributed by atoms with Crippen LogP contribution >= 0.6 is 12.2 Å². The van der Waals surface area contributed by atoms with Crippen LogP contribution in [0.5, 0.6) is 0 Å². The van der Waals surface area contributed by atoms with E-state index in [-0.39, 0.29) is 0 Å². The molecule has 0 radical (unpaired) electrons. The molecule has 0 spiro atoms. The van der Waals surface area contributed by atoms with Crippen molar-refractivity contribution in [2.45, 2.75) is 19.3 Å². The minimum Gasteiger partial charge on any atom is -0.361 e. The second-order valence-corrected chi connectivity index (χ2v) is 3.80. The van der Waals surface area contributed by atoms with Gasteiger partial charge in [0.2, 0.25) is 0 Å². The van der Waals surface area contributed by atoms with Crippen LogP contribution in [0.25, 0.3) is 0 Å². The zero-order valence-electron chi connectivity index (χ0n) is 7.77. The van der Waals surface area contributed by atoms with Crippen LogP contribution in [-0.2, 0) is 6.42 Å². The topological polar surface area (TPSA) is 26.0 Å². The standard InChI is InChI=1S/C11H11NOS/c14-11-3-1-2-9(8-11)4-5-10-6-7-12-13-10/h1-2,6-8H,3-5H2. The number of aryl methyl sites for hydroxylation is 1. The van der Waals surface area contributed by atoms with E-state index in [0.29, 0.717) is 0 Å². The molecule has 3 heteroatoms. The van der Waals surface area contributed by atoms with Crippen LogP contribution in [0.2, 0.25) is 0 Å². The lowest BCUT2D eigenvalue weighted by molar-refractivity contribution is 0.383. The summed E-state index contributed by atoms with van der Waals surface area (Å²) in [6.45, 7) is 0. The Hall–Kier alpha value is -1.22. The third-order valence-electron chi connectivity index (χ3n) is 2.15. The molecular formula is C11H11NOS. The van der Waals surface area contributed by atoms with Gasteiger partial charge >= 0.3 is 0 Å². The van der Waals surface area contributed by atoms with Crippen LogP contribution in [0.1, 0.15) is 18.6 Å². The molecule has 14 heavy (non-hydrogen) atoms. The molecule has 0 amide bonds. The number of hydrogen-bond donors (Lipinski definition) is 0. The van der Waals surface area contributed by atoms with Gasteiger partial charge in [-0.15, -0.1) is 0 Å². The Morgan fingerprint density at radius 3 is 3.07 bits per heavy atom. The van der Waals surface area contributed by atoms with Crippen molar-refractivity contribution in [3.05, 3.63) is 41.8 Å². The lowest BCUT2D eigenvalue weighted by Crippen LogP contribution is -1.96. The summed E-state index contributed by atoms with van der Waals surface area (Å²) < 4.78 is 5.02. The third kappa shape index (κ3) is 2.39. The second-order valence-electron chi connectivity index (χ2n) is 3.27. The summed E-state index contributed by atoms with van der Waals surface area (Å²) in [5, 5.41) is 3.66. The van der Waals surface area contributed by atoms with Crippen molar-refractivity contribution in [2.24, 2.45) is 0 Å². The van der Waals surface area contributed by atoms with Crippen LogP contribution in [0, 0.1) is 0 Å². The summed E-state index contributed by atoms with van der Waals surface area (Å²) in [5.74, 6) is 0.927. The Morgan fingerprint density at radius 1 is 1.43 bits per heavy atom. The molecule has 0 saturated heterocycles. The number of hydrogen-bond acceptors (Lipinski definition) is 3. The first-order valence-corrected chi connectivity index (χ1v) is 5.05. The van der Waals surface area contributed by atoms with E-state index in [2.05, 4.69) is 23.4 Å². The molecule has 1 aliphatic rings. The second kappa shape index (κ2) is 4.33. The maximum atomic E-state index is 5.13. The molecule has 0 fully saturated rings. The third-order valence-corrected chi connectivity index (χ3v) is 2.43. The molecule has 0 N–H and O–H groups in total. The first-order chi connectivity index (χ1) is 6.84. The molecule has 0 atom stereocenters. The van der Waals surface area contributed by atoms with Crippen molar-refractivity contribution < 1.29 is 4.52 Å². The van der Waals surface area contributed by atoms with Crippen LogP contribution in [0.4, 0.5) is 0 Å². The highest BCUT2D eigenvalue weighted by Gasteiger charge is 2.03. The average Bonchev–Trinajstić information content (AvgIpc) is 2.67. The number of thiocarbonyl (C=S) groups is 1. The lowest BCUT2D eigenvalue weighted by Gasteiger charge is -2.05. The molecule has 0 saturated carbocycles. The quantitative estimate of drug-likeness (QED) is 0.710. The van der Waals surface area contributed by atoms with Gasteiger partial charge in [0.15, 0.2) is 0 Å². The van der Waals surface area contributed by atoms with Crippen molar-refractivity contribution in [3.8, 4) is 0 Å². The molecule has 2 nitrogen and oxygen atoms in total. The first kappa shape index (κ1) is 9.34. The molecule has 0 unspecified atom stereocenters. The summed E-state index contributed by atoms with van der Waals surface area (Å²) in [6.07, 6.45) is 10.7. The van der Waals surface area contributed by atoms with Crippen molar-refractivity contribution in [2.75, 3.05) is 0 Å². The van der Waals surface area contributed by atoms with Gasteiger partial charge in [-0.3, -0.25) is 0 Å². The predicted molar refractivity (Wildman–Crippen MR) is 59.3 cm³/mol. The van der Waals surface area contributed by atoms with Crippen LogP contribution < -0.4 is 0 Å². The van der Waals surface area contributed by atoms with E-state index in [9.17, 15) is 0 Å². The summed E-state index contributed by atoms with van der Waals surface area (Å²) in [4.78, 5) is 1.01. The Kier molecular flexibility index (Phi) is 2.89. The maximum absolute atomic E-state index is 5.13. The fourth-order valence-corrected chi connectivity index (χ4v) is 1.68. The van der Waals surface area contributed by atoms with Gasteiger partial charge in [0, 0.05) is 23.8 Å². The molecule has 0 aliphatic heterocycles. The SMILES string of the molecule is S=C1C=C(CCc2ccno2)C=CC1. The van der Waals surface area contributed by atoms with E-state index in [1.807, 2.05) is 6.07 Å². The largest absolute Gasteiger partial charge is 0.361 e. The van der Waals surface area contributed by atoms with Crippen LogP contribution in [0.3, 0.4) is 0 Å². The number of allylic oxidation sites excluding steroid dienone is 4. The van der Waals surface area contributed by atoms with Gasteiger partial charge in [0.05, 0.1) is 6.20 Å². The Morgan fingerprint density at radius 2 is 2.36 bits per heavy atom. The minimum atomic E-state index is 0.888. The van der Waals surface area contributed by atoms with Gasteiger partial charge in [0.1, 0.15) is 5.76 Å². The van der Waals surface area contributed by atoms with Crippen LogP contribution in [-0.4, -0.2) is 10.0 Å². The van der Waals surface area contributed by atoms with Gasteiger partial charge in [-0.1, -0.05) is 29.5 Å². The Bertz CT molecular complexity index is 376. The Labute approximate surface area is 88.3 Å². The van der Waals surface area contributed by atoms with E-state index in [1.165, 1.54) is 5.57 Å². The zero-order chi connectivity index (χ0) is 9.80. The summed E-state index contributed by atoms with van der Waals surface area (Å²) in [7, 11) is 0. The fourth-order valence-electron chi connectivity index (χ4n) is 1.43. The van der Waals surface area contributed by atoms with Gasteiger partial charge in [-0.25, -0.2) is 0 Å². The highest BCUT2D eigenvalue weighted by Crippen LogP contribution is 2.14. The molecule has 72 valence electrons. The Balaban J connectivity index is 1.92. The highest BCUT2D eigenvalue weighted by atomic mass is 32.1. The van der Waals surface area contributed by atoms with Crippen molar-refractivity contribution in [1.29, 1.82) is 0 Å². The molecule has 2 rings (SSSR count). The number of aromatic nitrogens is 1. The van der Waals surface area contributed by atoms with Crippen LogP contribution in [0.15, 0.2) is 40.6 Å². The molecule has 1 aromatic heterocycles. The number of nitrogens with zero attached hydrogens (tertiary/aromatic N) is 1. The van der Waals surface area contributed by atoms with E-state index < -0.39 is 0 Å². The zero-order valence-corrected chi connectivity index (χ0v) is 8.59. The molecule has 1 heterocycles. The van der Waals surface area contributed by atoms with E-state index >= 15 is 0 Å². The molecular weight excluding hydrogens is 194 g/mol. The average molecular weight is 205 g/mol. The predicted octanol–water partition coefficient (Wildman–Crippen LogP) is 2.86. The summed E-state index contributed by atoms with van der Waals surface area (Å²) in [6, 6.07) is 1.89. The molecule has 1 aromatic rings.